The zero-order chi connectivity index (χ0) is 20.2. The first-order valence-electron chi connectivity index (χ1n) is 9.49. The summed E-state index contributed by atoms with van der Waals surface area (Å²) in [5.74, 6) is 0.790. The monoisotopic (exact) mass is 529 g/mol. The number of carbonyl (C=O) groups excluding carboxylic acids is 1. The molecule has 0 aliphatic carbocycles. The minimum atomic E-state index is 0. The molecule has 6 nitrogen and oxygen atoms in total. The Morgan fingerprint density at radius 1 is 1.14 bits per heavy atom. The molecule has 0 bridgehead atoms. The van der Waals surface area contributed by atoms with E-state index in [4.69, 9.17) is 11.6 Å². The van der Waals surface area contributed by atoms with Gasteiger partial charge in [0.2, 0.25) is 5.91 Å². The number of nitrogens with one attached hydrogen (secondary N) is 2. The van der Waals surface area contributed by atoms with Gasteiger partial charge in [-0.15, -0.1) is 24.0 Å². The number of hydrogen-bond donors (Lipinski definition) is 2. The Kier molecular flexibility index (Phi) is 12.3. The molecule has 2 rings (SSSR count). The van der Waals surface area contributed by atoms with Gasteiger partial charge in [-0.25, -0.2) is 4.98 Å². The number of rotatable bonds is 9. The maximum atomic E-state index is 12.3. The number of aromatic nitrogens is 1. The van der Waals surface area contributed by atoms with Crippen LogP contribution in [0.2, 0.25) is 5.15 Å². The van der Waals surface area contributed by atoms with Crippen LogP contribution < -0.4 is 10.6 Å². The fourth-order valence-corrected chi connectivity index (χ4v) is 2.73. The summed E-state index contributed by atoms with van der Waals surface area (Å²) in [7, 11) is 1.82. The van der Waals surface area contributed by atoms with E-state index in [0.29, 0.717) is 30.6 Å². The van der Waals surface area contributed by atoms with Crippen molar-refractivity contribution in [3.63, 3.8) is 0 Å². The number of pyridine rings is 1. The summed E-state index contributed by atoms with van der Waals surface area (Å²) in [5.41, 5.74) is 2.22. The van der Waals surface area contributed by atoms with Crippen LogP contribution in [-0.2, 0) is 17.8 Å². The first-order chi connectivity index (χ1) is 13.6. The Labute approximate surface area is 195 Å². The summed E-state index contributed by atoms with van der Waals surface area (Å²) in [6, 6.07) is 13.7. The van der Waals surface area contributed by atoms with Crippen molar-refractivity contribution >= 4 is 47.4 Å². The molecule has 0 radical (unpaired) electrons. The normalized spacial score (nSPS) is 10.8. The highest BCUT2D eigenvalue weighted by Crippen LogP contribution is 2.05. The minimum absolute atomic E-state index is 0. The fraction of sp³-hybridized carbons (Fsp3) is 0.381. The first-order valence-corrected chi connectivity index (χ1v) is 9.86. The Bertz CT molecular complexity index is 755. The van der Waals surface area contributed by atoms with Gasteiger partial charge >= 0.3 is 0 Å². The lowest BCUT2D eigenvalue weighted by Crippen LogP contribution is -2.38. The molecule has 0 atom stereocenters. The van der Waals surface area contributed by atoms with Crippen molar-refractivity contribution in [2.24, 2.45) is 4.99 Å². The second kappa shape index (κ2) is 14.2. The van der Waals surface area contributed by atoms with E-state index < -0.39 is 0 Å². The van der Waals surface area contributed by atoms with E-state index in [2.05, 4.69) is 20.6 Å². The van der Waals surface area contributed by atoms with E-state index in [1.165, 1.54) is 0 Å². The van der Waals surface area contributed by atoms with Crippen LogP contribution in [-0.4, -0.2) is 48.4 Å². The van der Waals surface area contributed by atoms with Gasteiger partial charge in [0, 0.05) is 39.3 Å². The van der Waals surface area contributed by atoms with Crippen LogP contribution in [0.5, 0.6) is 0 Å². The average molecular weight is 530 g/mol. The lowest BCUT2D eigenvalue weighted by Gasteiger charge is -2.17. The largest absolute Gasteiger partial charge is 0.357 e. The van der Waals surface area contributed by atoms with Crippen molar-refractivity contribution in [1.29, 1.82) is 0 Å². The Balaban J connectivity index is 0.00000420. The van der Waals surface area contributed by atoms with Crippen LogP contribution in [0, 0.1) is 0 Å². The highest BCUT2D eigenvalue weighted by molar-refractivity contribution is 14.0. The zero-order valence-corrected chi connectivity index (χ0v) is 20.0. The van der Waals surface area contributed by atoms with Gasteiger partial charge in [0.1, 0.15) is 5.15 Å². The van der Waals surface area contributed by atoms with Gasteiger partial charge in [-0.05, 0) is 30.5 Å². The van der Waals surface area contributed by atoms with E-state index >= 15 is 0 Å². The molecule has 2 aromatic rings. The highest BCUT2D eigenvalue weighted by Gasteiger charge is 2.09. The quantitative estimate of drug-likeness (QED) is 0.226. The van der Waals surface area contributed by atoms with E-state index in [1.807, 2.05) is 50.4 Å². The van der Waals surface area contributed by atoms with Crippen LogP contribution in [0.3, 0.4) is 0 Å². The van der Waals surface area contributed by atoms with E-state index in [9.17, 15) is 4.79 Å². The summed E-state index contributed by atoms with van der Waals surface area (Å²) in [6.45, 7) is 4.54. The van der Waals surface area contributed by atoms with Gasteiger partial charge in [0.05, 0.1) is 6.54 Å². The minimum Gasteiger partial charge on any atom is -0.357 e. The van der Waals surface area contributed by atoms with Crippen molar-refractivity contribution in [3.8, 4) is 0 Å². The van der Waals surface area contributed by atoms with Crippen LogP contribution in [0.4, 0.5) is 0 Å². The lowest BCUT2D eigenvalue weighted by molar-refractivity contribution is -0.130. The second-order valence-corrected chi connectivity index (χ2v) is 6.80. The topological polar surface area (TPSA) is 69.6 Å². The van der Waals surface area contributed by atoms with Gasteiger partial charge in [0.15, 0.2) is 5.96 Å². The molecule has 158 valence electrons. The molecule has 1 aromatic heterocycles. The Hall–Kier alpha value is -1.87. The Morgan fingerprint density at radius 2 is 1.90 bits per heavy atom. The zero-order valence-electron chi connectivity index (χ0n) is 16.9. The van der Waals surface area contributed by atoms with Gasteiger partial charge in [0.25, 0.3) is 0 Å². The molecule has 1 heterocycles. The number of hydrogen-bond acceptors (Lipinski definition) is 3. The third-order valence-electron chi connectivity index (χ3n) is 4.12. The number of halogens is 2. The van der Waals surface area contributed by atoms with Gasteiger partial charge < -0.3 is 15.5 Å². The maximum absolute atomic E-state index is 12.3. The predicted octanol–water partition coefficient (Wildman–Crippen LogP) is 3.50. The van der Waals surface area contributed by atoms with Crippen molar-refractivity contribution in [1.82, 2.24) is 20.5 Å². The summed E-state index contributed by atoms with van der Waals surface area (Å²) < 4.78 is 0. The molecule has 0 saturated carbocycles. The first kappa shape index (κ1) is 25.2. The van der Waals surface area contributed by atoms with Crippen molar-refractivity contribution in [2.75, 3.05) is 26.7 Å². The van der Waals surface area contributed by atoms with Crippen LogP contribution >= 0.6 is 35.6 Å². The summed E-state index contributed by atoms with van der Waals surface area (Å²) in [6.07, 6.45) is 2.96. The molecule has 0 aliphatic rings. The average Bonchev–Trinajstić information content (AvgIpc) is 2.70. The van der Waals surface area contributed by atoms with Crippen LogP contribution in [0.25, 0.3) is 0 Å². The number of carbonyl (C=O) groups is 1. The molecular weight excluding hydrogens is 501 g/mol. The molecular formula is C21H29ClIN5O. The second-order valence-electron chi connectivity index (χ2n) is 6.41. The molecule has 1 amide bonds. The molecule has 2 N–H and O–H groups in total. The molecule has 29 heavy (non-hydrogen) atoms. The van der Waals surface area contributed by atoms with E-state index in [-0.39, 0.29) is 29.9 Å². The molecule has 0 fully saturated rings. The summed E-state index contributed by atoms with van der Waals surface area (Å²) in [5, 5.41) is 6.97. The maximum Gasteiger partial charge on any atom is 0.224 e. The Morgan fingerprint density at radius 3 is 2.55 bits per heavy atom. The fourth-order valence-electron chi connectivity index (χ4n) is 2.62. The third-order valence-corrected chi connectivity index (χ3v) is 4.35. The van der Waals surface area contributed by atoms with Crippen molar-refractivity contribution < 1.29 is 4.79 Å². The smallest absolute Gasteiger partial charge is 0.224 e. The van der Waals surface area contributed by atoms with Crippen LogP contribution in [0.1, 0.15) is 24.5 Å². The van der Waals surface area contributed by atoms with Gasteiger partial charge in [-0.2, -0.15) is 0 Å². The van der Waals surface area contributed by atoms with Gasteiger partial charge in [-0.1, -0.05) is 48.0 Å². The molecule has 0 spiro atoms. The number of benzene rings is 1. The van der Waals surface area contributed by atoms with Crippen LogP contribution in [0.15, 0.2) is 53.7 Å². The van der Waals surface area contributed by atoms with E-state index in [1.54, 1.807) is 17.2 Å². The molecule has 0 saturated heterocycles. The summed E-state index contributed by atoms with van der Waals surface area (Å²) in [4.78, 5) is 22.6. The predicted molar refractivity (Wildman–Crippen MR) is 130 cm³/mol. The van der Waals surface area contributed by atoms with Crippen molar-refractivity contribution in [3.05, 3.63) is 64.9 Å². The molecule has 0 aliphatic heterocycles. The van der Waals surface area contributed by atoms with Crippen molar-refractivity contribution in [2.45, 2.75) is 26.3 Å². The summed E-state index contributed by atoms with van der Waals surface area (Å²) >= 11 is 5.80. The van der Waals surface area contributed by atoms with E-state index in [0.717, 1.165) is 30.6 Å². The number of guanidine groups is 1. The SMILES string of the molecule is CCNC(=NCCC(=O)N(C)Cc1ccccc1)NCCc1ccc(Cl)nc1.I. The molecule has 8 heteroatoms. The third kappa shape index (κ3) is 9.94. The number of amides is 1. The van der Waals surface area contributed by atoms with Gasteiger partial charge in [-0.3, -0.25) is 9.79 Å². The number of nitrogens with zero attached hydrogens (tertiary/aromatic N) is 3. The molecule has 0 unspecified atom stereocenters. The standard InChI is InChI=1S/C21H28ClN5O.HI/c1-3-23-21(24-13-11-17-9-10-19(22)26-15-17)25-14-12-20(28)27(2)16-18-7-5-4-6-8-18;/h4-10,15H,3,11-14,16H2,1-2H3,(H2,23,24,25);1H. The molecule has 1 aromatic carbocycles. The number of aliphatic imine (C=N–C) groups is 1. The highest BCUT2D eigenvalue weighted by atomic mass is 127. The lowest BCUT2D eigenvalue weighted by atomic mass is 10.2.